The molecule has 0 heterocycles. The molecule has 1 radical (unpaired) electrons. The molecule has 1 aromatic carbocycles. The molecule has 0 saturated carbocycles. The highest BCUT2D eigenvalue weighted by molar-refractivity contribution is 5.94. The van der Waals surface area contributed by atoms with Crippen molar-refractivity contribution < 1.29 is 14.4 Å². The molecule has 0 bridgehead atoms. The number of rotatable bonds is 5. The summed E-state index contributed by atoms with van der Waals surface area (Å²) < 4.78 is 0. The first kappa shape index (κ1) is 14.6. The van der Waals surface area contributed by atoms with Crippen LogP contribution in [0, 0.1) is 0 Å². The van der Waals surface area contributed by atoms with Gasteiger partial charge in [0.05, 0.1) is 6.54 Å². The molecule has 0 fully saturated rings. The molecular formula is C13H14N3O3. The first-order chi connectivity index (χ1) is 9.17. The minimum atomic E-state index is -0.559. The molecule has 2 amide bonds. The molecule has 99 valence electrons. The number of amides is 2. The van der Waals surface area contributed by atoms with Gasteiger partial charge in [0.1, 0.15) is 6.54 Å². The Morgan fingerprint density at radius 2 is 2.00 bits per heavy atom. The van der Waals surface area contributed by atoms with Gasteiger partial charge >= 0.3 is 0 Å². The van der Waals surface area contributed by atoms with E-state index in [2.05, 4.69) is 5.43 Å². The fourth-order valence-electron chi connectivity index (χ4n) is 1.25. The molecule has 19 heavy (non-hydrogen) atoms. The van der Waals surface area contributed by atoms with Gasteiger partial charge in [0.2, 0.25) is 6.29 Å². The monoisotopic (exact) mass is 260 g/mol. The van der Waals surface area contributed by atoms with E-state index in [9.17, 15) is 14.4 Å². The van der Waals surface area contributed by atoms with E-state index < -0.39 is 11.8 Å². The van der Waals surface area contributed by atoms with E-state index in [0.29, 0.717) is 0 Å². The molecule has 1 rings (SSSR count). The van der Waals surface area contributed by atoms with E-state index in [4.69, 9.17) is 5.73 Å². The molecule has 0 unspecified atom stereocenters. The molecule has 0 aliphatic carbocycles. The summed E-state index contributed by atoms with van der Waals surface area (Å²) in [5.41, 5.74) is 8.15. The van der Waals surface area contributed by atoms with Gasteiger partial charge in [0.15, 0.2) is 0 Å². The van der Waals surface area contributed by atoms with Crippen molar-refractivity contribution in [2.75, 3.05) is 13.1 Å². The van der Waals surface area contributed by atoms with Gasteiger partial charge in [-0.15, -0.1) is 0 Å². The molecule has 3 N–H and O–H groups in total. The summed E-state index contributed by atoms with van der Waals surface area (Å²) in [5, 5.41) is 0.849. The Morgan fingerprint density at radius 3 is 2.58 bits per heavy atom. The first-order valence-corrected chi connectivity index (χ1v) is 5.56. The standard InChI is InChI=1S/C13H14N3O3/c14-10-12(18)15-16(8-9-17)13(19)7-6-11-4-2-1-3-5-11/h1-7H,8,10,14H2,(H,15,18)/b7-6+. The zero-order valence-electron chi connectivity index (χ0n) is 10.2. The zero-order valence-corrected chi connectivity index (χ0v) is 10.2. The molecule has 0 spiro atoms. The van der Waals surface area contributed by atoms with Gasteiger partial charge in [-0.2, -0.15) is 0 Å². The maximum Gasteiger partial charge on any atom is 0.265 e. The SMILES string of the molecule is NCC(=O)NN(C[C]=O)C(=O)/C=C/c1ccccc1. The summed E-state index contributed by atoms with van der Waals surface area (Å²) in [6, 6.07) is 9.15. The van der Waals surface area contributed by atoms with E-state index >= 15 is 0 Å². The van der Waals surface area contributed by atoms with Crippen molar-refractivity contribution in [1.82, 2.24) is 10.4 Å². The van der Waals surface area contributed by atoms with Crippen LogP contribution in [0.25, 0.3) is 6.08 Å². The Morgan fingerprint density at radius 1 is 1.32 bits per heavy atom. The lowest BCUT2D eigenvalue weighted by Crippen LogP contribution is -2.48. The van der Waals surface area contributed by atoms with Crippen molar-refractivity contribution in [2.24, 2.45) is 5.73 Å². The van der Waals surface area contributed by atoms with E-state index in [1.165, 1.54) is 6.08 Å². The number of carbonyl (C=O) groups excluding carboxylic acids is 3. The second-order valence-corrected chi connectivity index (χ2v) is 3.55. The van der Waals surface area contributed by atoms with E-state index in [1.807, 2.05) is 30.3 Å². The number of nitrogens with one attached hydrogen (secondary N) is 1. The van der Waals surface area contributed by atoms with Gasteiger partial charge in [-0.05, 0) is 11.6 Å². The van der Waals surface area contributed by atoms with Gasteiger partial charge in [0.25, 0.3) is 11.8 Å². The number of nitrogens with two attached hydrogens (primary N) is 1. The fourth-order valence-corrected chi connectivity index (χ4v) is 1.25. The quantitative estimate of drug-likeness (QED) is 0.558. The lowest BCUT2D eigenvalue weighted by molar-refractivity contribution is -0.136. The Balaban J connectivity index is 2.69. The average molecular weight is 260 g/mol. The minimum Gasteiger partial charge on any atom is -0.322 e. The third kappa shape index (κ3) is 5.13. The smallest absolute Gasteiger partial charge is 0.265 e. The highest BCUT2D eigenvalue weighted by Gasteiger charge is 2.12. The lowest BCUT2D eigenvalue weighted by Gasteiger charge is -2.18. The second kappa shape index (κ2) is 7.78. The highest BCUT2D eigenvalue weighted by Crippen LogP contribution is 2.01. The number of hydrogen-bond acceptors (Lipinski definition) is 4. The minimum absolute atomic E-state index is 0.273. The van der Waals surface area contributed by atoms with Gasteiger partial charge in [-0.1, -0.05) is 30.3 Å². The largest absolute Gasteiger partial charge is 0.322 e. The van der Waals surface area contributed by atoms with Crippen LogP contribution in [0.5, 0.6) is 0 Å². The normalized spacial score (nSPS) is 10.2. The van der Waals surface area contributed by atoms with E-state index in [0.717, 1.165) is 10.6 Å². The first-order valence-electron chi connectivity index (χ1n) is 5.56. The van der Waals surface area contributed by atoms with Crippen molar-refractivity contribution in [2.45, 2.75) is 0 Å². The van der Waals surface area contributed by atoms with E-state index in [1.54, 1.807) is 12.4 Å². The van der Waals surface area contributed by atoms with Crippen LogP contribution in [0.4, 0.5) is 0 Å². The highest BCUT2D eigenvalue weighted by atomic mass is 16.2. The predicted molar refractivity (Wildman–Crippen MR) is 70.1 cm³/mol. The summed E-state index contributed by atoms with van der Waals surface area (Å²) in [5.74, 6) is -1.09. The molecular weight excluding hydrogens is 246 g/mol. The molecule has 1 aromatic rings. The number of nitrogens with zero attached hydrogens (tertiary/aromatic N) is 1. The number of hydrogen-bond donors (Lipinski definition) is 2. The molecule has 0 aliphatic rings. The molecule has 6 heteroatoms. The zero-order chi connectivity index (χ0) is 14.1. The summed E-state index contributed by atoms with van der Waals surface area (Å²) in [6.45, 7) is -0.630. The summed E-state index contributed by atoms with van der Waals surface area (Å²) in [6.07, 6.45) is 4.37. The van der Waals surface area contributed by atoms with Crippen LogP contribution in [-0.4, -0.2) is 36.2 Å². The van der Waals surface area contributed by atoms with Gasteiger partial charge in [-0.3, -0.25) is 19.8 Å². The van der Waals surface area contributed by atoms with Crippen LogP contribution in [0.3, 0.4) is 0 Å². The van der Waals surface area contributed by atoms with Crippen molar-refractivity contribution in [3.8, 4) is 0 Å². The fraction of sp³-hybridized carbons (Fsp3) is 0.154. The van der Waals surface area contributed by atoms with E-state index in [-0.39, 0.29) is 13.1 Å². The summed E-state index contributed by atoms with van der Waals surface area (Å²) in [7, 11) is 0. The molecule has 6 nitrogen and oxygen atoms in total. The Labute approximate surface area is 110 Å². The number of benzene rings is 1. The van der Waals surface area contributed by atoms with Crippen LogP contribution in [0.1, 0.15) is 5.56 Å². The van der Waals surface area contributed by atoms with Crippen molar-refractivity contribution >= 4 is 24.2 Å². The van der Waals surface area contributed by atoms with Crippen LogP contribution < -0.4 is 11.2 Å². The van der Waals surface area contributed by atoms with Crippen LogP contribution in [0.2, 0.25) is 0 Å². The molecule has 0 aliphatic heterocycles. The molecule has 0 saturated heterocycles. The van der Waals surface area contributed by atoms with Crippen LogP contribution >= 0.6 is 0 Å². The van der Waals surface area contributed by atoms with Gasteiger partial charge in [0, 0.05) is 6.08 Å². The van der Waals surface area contributed by atoms with Gasteiger partial charge < -0.3 is 5.73 Å². The molecule has 0 aromatic heterocycles. The predicted octanol–water partition coefficient (Wildman–Crippen LogP) is -0.372. The number of carbonyl (C=O) groups is 2. The van der Waals surface area contributed by atoms with Crippen molar-refractivity contribution in [3.05, 3.63) is 42.0 Å². The number of hydrazine groups is 1. The topological polar surface area (TPSA) is 92.5 Å². The lowest BCUT2D eigenvalue weighted by atomic mass is 10.2. The van der Waals surface area contributed by atoms with Crippen LogP contribution in [-0.2, 0) is 14.4 Å². The van der Waals surface area contributed by atoms with Gasteiger partial charge in [-0.25, -0.2) is 5.01 Å². The third-order valence-corrected chi connectivity index (χ3v) is 2.15. The Bertz CT molecular complexity index is 471. The van der Waals surface area contributed by atoms with Crippen molar-refractivity contribution in [1.29, 1.82) is 0 Å². The third-order valence-electron chi connectivity index (χ3n) is 2.15. The maximum atomic E-state index is 11.8. The Kier molecular flexibility index (Phi) is 5.97. The van der Waals surface area contributed by atoms with Crippen molar-refractivity contribution in [3.63, 3.8) is 0 Å². The second-order valence-electron chi connectivity index (χ2n) is 3.55. The summed E-state index contributed by atoms with van der Waals surface area (Å²) in [4.78, 5) is 33.2. The average Bonchev–Trinajstić information content (AvgIpc) is 2.45. The summed E-state index contributed by atoms with van der Waals surface area (Å²) >= 11 is 0. The van der Waals surface area contributed by atoms with Crippen LogP contribution in [0.15, 0.2) is 36.4 Å². The Hall–Kier alpha value is -2.47. The maximum absolute atomic E-state index is 11.8. The molecule has 0 atom stereocenters.